The van der Waals surface area contributed by atoms with Gasteiger partial charge in [0.15, 0.2) is 0 Å². The fourth-order valence-electron chi connectivity index (χ4n) is 2.05. The molecule has 2 aromatic carbocycles. The van der Waals surface area contributed by atoms with Crippen LogP contribution in [0.5, 0.6) is 0 Å². The third kappa shape index (κ3) is 4.88. The average Bonchev–Trinajstić information content (AvgIpc) is 2.54. The predicted molar refractivity (Wildman–Crippen MR) is 101 cm³/mol. The lowest BCUT2D eigenvalue weighted by Gasteiger charge is -2.35. The molecule has 4 nitrogen and oxygen atoms in total. The number of halogens is 3. The SMILES string of the molecule is CC(C)(C)N(NC(=O)c1ccc(Cl)c(Cl)c1)C(=O)c1ccc(Cl)cc1. The van der Waals surface area contributed by atoms with E-state index in [0.717, 1.165) is 0 Å². The number of nitrogens with one attached hydrogen (secondary N) is 1. The van der Waals surface area contributed by atoms with E-state index < -0.39 is 11.4 Å². The summed E-state index contributed by atoms with van der Waals surface area (Å²) in [5.41, 5.74) is 2.70. The number of nitrogens with zero attached hydrogens (tertiary/aromatic N) is 1. The second-order valence-electron chi connectivity index (χ2n) is 6.39. The Bertz CT molecular complexity index is 799. The normalized spacial score (nSPS) is 11.1. The Morgan fingerprint density at radius 2 is 1.44 bits per heavy atom. The van der Waals surface area contributed by atoms with Crippen molar-refractivity contribution >= 4 is 46.6 Å². The van der Waals surface area contributed by atoms with Crippen molar-refractivity contribution < 1.29 is 9.59 Å². The summed E-state index contributed by atoms with van der Waals surface area (Å²) in [6.07, 6.45) is 0. The molecule has 0 aliphatic rings. The van der Waals surface area contributed by atoms with Crippen molar-refractivity contribution in [1.29, 1.82) is 0 Å². The van der Waals surface area contributed by atoms with Crippen molar-refractivity contribution in [2.75, 3.05) is 0 Å². The molecule has 7 heteroatoms. The van der Waals surface area contributed by atoms with Crippen molar-refractivity contribution in [1.82, 2.24) is 10.4 Å². The molecular formula is C18H17Cl3N2O2. The van der Waals surface area contributed by atoms with Crippen molar-refractivity contribution in [3.05, 3.63) is 68.7 Å². The van der Waals surface area contributed by atoms with Gasteiger partial charge in [-0.3, -0.25) is 15.0 Å². The van der Waals surface area contributed by atoms with Crippen LogP contribution in [0.25, 0.3) is 0 Å². The van der Waals surface area contributed by atoms with Gasteiger partial charge in [0.2, 0.25) is 0 Å². The molecule has 2 aromatic rings. The minimum Gasteiger partial charge on any atom is -0.267 e. The molecule has 0 aliphatic carbocycles. The molecule has 0 aromatic heterocycles. The standard InChI is InChI=1S/C18H17Cl3N2O2/c1-18(2,3)23(17(25)11-4-7-13(19)8-5-11)22-16(24)12-6-9-14(20)15(21)10-12/h4-10H,1-3H3,(H,22,24). The van der Waals surface area contributed by atoms with Crippen LogP contribution in [-0.4, -0.2) is 22.4 Å². The van der Waals surface area contributed by atoms with E-state index in [9.17, 15) is 9.59 Å². The number of carbonyl (C=O) groups excluding carboxylic acids is 2. The summed E-state index contributed by atoms with van der Waals surface area (Å²) in [6, 6.07) is 11.0. The Hall–Kier alpha value is -1.75. The van der Waals surface area contributed by atoms with Crippen LogP contribution < -0.4 is 5.43 Å². The van der Waals surface area contributed by atoms with Gasteiger partial charge in [0, 0.05) is 16.1 Å². The molecule has 2 rings (SSSR count). The molecule has 0 radical (unpaired) electrons. The second-order valence-corrected chi connectivity index (χ2v) is 7.64. The number of benzene rings is 2. The molecule has 0 aliphatic heterocycles. The number of amides is 2. The van der Waals surface area contributed by atoms with Gasteiger partial charge in [0.25, 0.3) is 11.8 Å². The topological polar surface area (TPSA) is 49.4 Å². The fourth-order valence-corrected chi connectivity index (χ4v) is 2.47. The van der Waals surface area contributed by atoms with Crippen LogP contribution >= 0.6 is 34.8 Å². The number of hydrazine groups is 1. The van der Waals surface area contributed by atoms with E-state index in [4.69, 9.17) is 34.8 Å². The average molecular weight is 400 g/mol. The third-order valence-electron chi connectivity index (χ3n) is 3.36. The molecule has 132 valence electrons. The van der Waals surface area contributed by atoms with Crippen LogP contribution in [0, 0.1) is 0 Å². The van der Waals surface area contributed by atoms with E-state index in [0.29, 0.717) is 21.2 Å². The third-order valence-corrected chi connectivity index (χ3v) is 4.35. The molecule has 0 saturated carbocycles. The lowest BCUT2D eigenvalue weighted by Crippen LogP contribution is -2.55. The van der Waals surface area contributed by atoms with Crippen molar-refractivity contribution in [2.45, 2.75) is 26.3 Å². The first-order chi connectivity index (χ1) is 11.6. The van der Waals surface area contributed by atoms with E-state index in [1.165, 1.54) is 23.2 Å². The van der Waals surface area contributed by atoms with Gasteiger partial charge in [-0.2, -0.15) is 0 Å². The van der Waals surface area contributed by atoms with Gasteiger partial charge >= 0.3 is 0 Å². The van der Waals surface area contributed by atoms with Gasteiger partial charge in [0.1, 0.15) is 0 Å². The van der Waals surface area contributed by atoms with Gasteiger partial charge in [-0.1, -0.05) is 34.8 Å². The highest BCUT2D eigenvalue weighted by atomic mass is 35.5. The highest BCUT2D eigenvalue weighted by Gasteiger charge is 2.29. The minimum atomic E-state index is -0.650. The zero-order valence-corrected chi connectivity index (χ0v) is 16.2. The predicted octanol–water partition coefficient (Wildman–Crippen LogP) is 5.23. The molecular weight excluding hydrogens is 383 g/mol. The van der Waals surface area contributed by atoms with Gasteiger partial charge in [0.05, 0.1) is 15.6 Å². The van der Waals surface area contributed by atoms with Crippen LogP contribution in [0.3, 0.4) is 0 Å². The van der Waals surface area contributed by atoms with Crippen molar-refractivity contribution in [2.24, 2.45) is 0 Å². The van der Waals surface area contributed by atoms with Gasteiger partial charge in [-0.15, -0.1) is 0 Å². The van der Waals surface area contributed by atoms with Crippen molar-refractivity contribution in [3.8, 4) is 0 Å². The summed E-state index contributed by atoms with van der Waals surface area (Å²) in [5.74, 6) is -0.812. The molecule has 0 saturated heterocycles. The second kappa shape index (κ2) is 7.65. The van der Waals surface area contributed by atoms with E-state index in [-0.39, 0.29) is 10.9 Å². The lowest BCUT2D eigenvalue weighted by molar-refractivity contribution is 0.0358. The Morgan fingerprint density at radius 1 is 0.880 bits per heavy atom. The van der Waals surface area contributed by atoms with E-state index in [1.54, 1.807) is 24.3 Å². The molecule has 0 spiro atoms. The number of hydrogen-bond donors (Lipinski definition) is 1. The van der Waals surface area contributed by atoms with E-state index in [2.05, 4.69) is 5.43 Å². The minimum absolute atomic E-state index is 0.264. The summed E-state index contributed by atoms with van der Waals surface area (Å²) in [5, 5.41) is 2.42. The first-order valence-corrected chi connectivity index (χ1v) is 8.59. The maximum absolute atomic E-state index is 12.8. The van der Waals surface area contributed by atoms with Gasteiger partial charge in [-0.05, 0) is 63.2 Å². The number of rotatable bonds is 2. The lowest BCUT2D eigenvalue weighted by atomic mass is 10.1. The molecule has 0 bridgehead atoms. The maximum Gasteiger partial charge on any atom is 0.272 e. The molecule has 2 amide bonds. The van der Waals surface area contributed by atoms with E-state index in [1.807, 2.05) is 20.8 Å². The van der Waals surface area contributed by atoms with Crippen LogP contribution in [0.4, 0.5) is 0 Å². The molecule has 0 atom stereocenters. The summed E-state index contributed by atoms with van der Waals surface area (Å²) in [4.78, 5) is 25.3. The van der Waals surface area contributed by atoms with Crippen LogP contribution in [0.1, 0.15) is 41.5 Å². The van der Waals surface area contributed by atoms with Crippen LogP contribution in [0.2, 0.25) is 15.1 Å². The fraction of sp³-hybridized carbons (Fsp3) is 0.222. The zero-order chi connectivity index (χ0) is 18.8. The highest BCUT2D eigenvalue weighted by molar-refractivity contribution is 6.42. The summed E-state index contributed by atoms with van der Waals surface area (Å²) < 4.78 is 0. The first kappa shape index (κ1) is 19.6. The molecule has 1 N–H and O–H groups in total. The van der Waals surface area contributed by atoms with Gasteiger partial charge < -0.3 is 0 Å². The maximum atomic E-state index is 12.8. The van der Waals surface area contributed by atoms with Crippen LogP contribution in [-0.2, 0) is 0 Å². The molecule has 25 heavy (non-hydrogen) atoms. The Morgan fingerprint density at radius 3 is 1.96 bits per heavy atom. The molecule has 0 unspecified atom stereocenters. The number of hydrogen-bond acceptors (Lipinski definition) is 2. The summed E-state index contributed by atoms with van der Waals surface area (Å²) in [6.45, 7) is 5.45. The van der Waals surface area contributed by atoms with E-state index >= 15 is 0 Å². The zero-order valence-electron chi connectivity index (χ0n) is 13.9. The smallest absolute Gasteiger partial charge is 0.267 e. The van der Waals surface area contributed by atoms with Crippen LogP contribution in [0.15, 0.2) is 42.5 Å². The Balaban J connectivity index is 2.28. The highest BCUT2D eigenvalue weighted by Crippen LogP contribution is 2.23. The monoisotopic (exact) mass is 398 g/mol. The van der Waals surface area contributed by atoms with Gasteiger partial charge in [-0.25, -0.2) is 5.01 Å². The van der Waals surface area contributed by atoms with Crippen molar-refractivity contribution in [3.63, 3.8) is 0 Å². The Kier molecular flexibility index (Phi) is 5.99. The summed E-state index contributed by atoms with van der Waals surface area (Å²) >= 11 is 17.7. The summed E-state index contributed by atoms with van der Waals surface area (Å²) in [7, 11) is 0. The largest absolute Gasteiger partial charge is 0.272 e. The molecule has 0 heterocycles. The Labute approximate surface area is 161 Å². The first-order valence-electron chi connectivity index (χ1n) is 7.46. The molecule has 0 fully saturated rings. The quantitative estimate of drug-likeness (QED) is 0.703. The number of carbonyl (C=O) groups is 2.